The van der Waals surface area contributed by atoms with Gasteiger partial charge < -0.3 is 39.0 Å². The Morgan fingerprint density at radius 1 is 1.02 bits per heavy atom. The molecule has 6 aliphatic rings. The number of esters is 3. The molecule has 1 aliphatic carbocycles. The summed E-state index contributed by atoms with van der Waals surface area (Å²) in [6.45, 7) is 9.08. The zero-order valence-corrected chi connectivity index (χ0v) is 37.0. The van der Waals surface area contributed by atoms with Gasteiger partial charge in [0.25, 0.3) is 0 Å². The molecule has 61 heavy (non-hydrogen) atoms. The molecule has 1 spiro atoms. The largest absolute Gasteiger partial charge is 0.496 e. The Labute approximate surface area is 361 Å². The number of anilines is 1. The molecule has 0 radical (unpaired) electrons. The number of aliphatic hydroxyl groups is 2. The Kier molecular flexibility index (Phi) is 10.4. The number of methoxy groups -OCH3 is 3. The summed E-state index contributed by atoms with van der Waals surface area (Å²) in [4.78, 5) is 54.4. The summed E-state index contributed by atoms with van der Waals surface area (Å²) in [7, 11) is 6.19. The molecule has 2 fully saturated rings. The van der Waals surface area contributed by atoms with Crippen LogP contribution in [0.3, 0.4) is 0 Å². The number of carbonyl (C=O) groups is 3. The average Bonchev–Trinajstić information content (AvgIpc) is 3.91. The number of nitrogens with one attached hydrogen (secondary N) is 1. The lowest BCUT2D eigenvalue weighted by molar-refractivity contribution is -0.228. The van der Waals surface area contributed by atoms with E-state index in [-0.39, 0.29) is 18.6 Å². The minimum Gasteiger partial charge on any atom is -0.496 e. The number of H-pyrrole nitrogens is 1. The van der Waals surface area contributed by atoms with Gasteiger partial charge in [-0.3, -0.25) is 19.4 Å². The van der Waals surface area contributed by atoms with Gasteiger partial charge in [-0.05, 0) is 73.5 Å². The second kappa shape index (κ2) is 15.2. The van der Waals surface area contributed by atoms with Crippen LogP contribution in [-0.4, -0.2) is 134 Å². The van der Waals surface area contributed by atoms with Crippen LogP contribution in [0.25, 0.3) is 10.9 Å². The van der Waals surface area contributed by atoms with E-state index in [1.807, 2.05) is 31.0 Å². The van der Waals surface area contributed by atoms with Crippen molar-refractivity contribution < 1.29 is 43.5 Å². The van der Waals surface area contributed by atoms with Crippen LogP contribution in [-0.2, 0) is 46.0 Å². The summed E-state index contributed by atoms with van der Waals surface area (Å²) >= 11 is 1.59. The summed E-state index contributed by atoms with van der Waals surface area (Å²) in [5, 5.41) is 24.0. The maximum Gasteiger partial charge on any atom is 0.344 e. The van der Waals surface area contributed by atoms with Crippen LogP contribution in [0.1, 0.15) is 68.8 Å². The van der Waals surface area contributed by atoms with Crippen molar-refractivity contribution in [2.45, 2.75) is 92.5 Å². The second-order valence-electron chi connectivity index (χ2n) is 17.9. The van der Waals surface area contributed by atoms with Crippen molar-refractivity contribution in [2.24, 2.45) is 11.3 Å². The highest BCUT2D eigenvalue weighted by atomic mass is 32.2. The van der Waals surface area contributed by atoms with Crippen molar-refractivity contribution in [3.63, 3.8) is 0 Å². The van der Waals surface area contributed by atoms with Gasteiger partial charge in [-0.2, -0.15) is 0 Å². The minimum absolute atomic E-state index is 0.00800. The first-order valence-corrected chi connectivity index (χ1v) is 22.6. The molecule has 1 aromatic heterocycles. The number of aromatic amines is 1. The number of fused-ring (bicyclic) bond motifs is 6. The Hall–Kier alpha value is -4.34. The normalized spacial score (nSPS) is 33.4. The van der Waals surface area contributed by atoms with Crippen LogP contribution in [0.5, 0.6) is 5.75 Å². The SMILES string of the molecule is CCC1=C[C@H]2CN(C1)Cc1c([nH]c3ccc(SCCO)cc13)[C@@](C(=O)OC)(c1cc3c(cc1OC)N(C)[C@H]1[C@@](O)(C(=O)OC)[C@H](OC(C)=O)[C@]4(CC)C=CCN5CC[C@]31[C@@H]54)C2. The fourth-order valence-corrected chi connectivity index (χ4v) is 13.8. The zero-order valence-electron chi connectivity index (χ0n) is 36.2. The number of nitrogens with zero attached hydrogens (tertiary/aromatic N) is 3. The van der Waals surface area contributed by atoms with Crippen molar-refractivity contribution in [3.8, 4) is 5.75 Å². The van der Waals surface area contributed by atoms with Crippen LogP contribution < -0.4 is 9.64 Å². The van der Waals surface area contributed by atoms with Crippen molar-refractivity contribution in [3.05, 3.63) is 76.5 Å². The lowest BCUT2D eigenvalue weighted by Gasteiger charge is -2.63. The first-order valence-electron chi connectivity index (χ1n) is 21.6. The molecule has 2 aromatic carbocycles. The van der Waals surface area contributed by atoms with Gasteiger partial charge in [-0.1, -0.05) is 37.6 Å². The summed E-state index contributed by atoms with van der Waals surface area (Å²) in [6.07, 6.45) is 7.53. The van der Waals surface area contributed by atoms with E-state index in [1.165, 1.54) is 26.7 Å². The number of likely N-dealkylation sites (N-methyl/N-ethyl adjacent to an activating group) is 1. The predicted molar refractivity (Wildman–Crippen MR) is 232 cm³/mol. The van der Waals surface area contributed by atoms with Gasteiger partial charge >= 0.3 is 17.9 Å². The molecule has 2 bridgehead atoms. The number of aliphatic hydroxyl groups excluding tert-OH is 1. The highest BCUT2D eigenvalue weighted by molar-refractivity contribution is 7.99. The number of thioether (sulfide) groups is 1. The summed E-state index contributed by atoms with van der Waals surface area (Å²) in [5.74, 6) is -0.860. The molecule has 326 valence electrons. The third-order valence-electron chi connectivity index (χ3n) is 15.2. The standard InChI is InChI=1S/C47H58N4O9S/c1-8-28-19-29-23-46(42(54)58-6,38-32(26-50(24-28)25-29)31-20-30(61-18-17-52)11-12-35(31)48-38)34-21-33-36(22-37(34)57-5)49(4)40-45(33)14-16-51-15-10-13-44(9-2,39(45)51)41(60-27(3)53)47(40,56)43(55)59-7/h10-13,19-22,29,39-41,48,52,56H,8-9,14-18,23-26H2,1-7H3/t29-,39+,40-,41-,44-,45-,46+,47+/m1/s1. The van der Waals surface area contributed by atoms with Gasteiger partial charge in [-0.15, -0.1) is 11.8 Å². The van der Waals surface area contributed by atoms with E-state index in [2.05, 4.69) is 58.1 Å². The Morgan fingerprint density at radius 3 is 2.49 bits per heavy atom. The molecule has 1 unspecified atom stereocenters. The van der Waals surface area contributed by atoms with Crippen LogP contribution >= 0.6 is 11.8 Å². The van der Waals surface area contributed by atoms with Crippen molar-refractivity contribution in [1.82, 2.24) is 14.8 Å². The Morgan fingerprint density at radius 2 is 1.80 bits per heavy atom. The average molecular weight is 855 g/mol. The molecule has 14 heteroatoms. The van der Waals surface area contributed by atoms with Crippen LogP contribution in [0, 0.1) is 11.3 Å². The fraction of sp³-hybridized carbons (Fsp3) is 0.553. The highest BCUT2D eigenvalue weighted by Gasteiger charge is 2.80. The number of hydrogen-bond donors (Lipinski definition) is 3. The van der Waals surface area contributed by atoms with Gasteiger partial charge in [0.1, 0.15) is 11.2 Å². The molecule has 3 N–H and O–H groups in total. The van der Waals surface area contributed by atoms with Crippen LogP contribution in [0.4, 0.5) is 5.69 Å². The molecule has 6 heterocycles. The van der Waals surface area contributed by atoms with E-state index in [0.717, 1.165) is 57.8 Å². The molecular formula is C47H58N4O9S. The van der Waals surface area contributed by atoms with E-state index in [1.54, 1.807) is 18.9 Å². The fourth-order valence-electron chi connectivity index (χ4n) is 13.1. The van der Waals surface area contributed by atoms with Crippen molar-refractivity contribution in [1.29, 1.82) is 0 Å². The van der Waals surface area contributed by atoms with Gasteiger partial charge in [0.2, 0.25) is 5.60 Å². The highest BCUT2D eigenvalue weighted by Crippen LogP contribution is 2.68. The molecule has 9 atom stereocenters. The first-order chi connectivity index (χ1) is 29.3. The number of benzene rings is 2. The summed E-state index contributed by atoms with van der Waals surface area (Å²) < 4.78 is 24.0. The third-order valence-corrected chi connectivity index (χ3v) is 16.2. The van der Waals surface area contributed by atoms with Gasteiger partial charge in [0.05, 0.1) is 34.0 Å². The number of aromatic nitrogens is 1. The maximum atomic E-state index is 15.3. The van der Waals surface area contributed by atoms with Crippen molar-refractivity contribution in [2.75, 3.05) is 71.8 Å². The Balaban J connectivity index is 1.36. The zero-order chi connectivity index (χ0) is 43.2. The lowest BCUT2D eigenvalue weighted by Crippen LogP contribution is -2.81. The third kappa shape index (κ3) is 5.70. The molecule has 5 aliphatic heterocycles. The van der Waals surface area contributed by atoms with Gasteiger partial charge in [0, 0.05) is 102 Å². The topological polar surface area (TPSA) is 154 Å². The van der Waals surface area contributed by atoms with E-state index < -0.39 is 51.9 Å². The summed E-state index contributed by atoms with van der Waals surface area (Å²) in [5.41, 5.74) is 0.698. The maximum absolute atomic E-state index is 15.3. The van der Waals surface area contributed by atoms with Crippen molar-refractivity contribution >= 4 is 46.3 Å². The van der Waals surface area contributed by atoms with Crippen LogP contribution in [0.15, 0.2) is 59.0 Å². The number of hydrogen-bond acceptors (Lipinski definition) is 13. The van der Waals surface area contributed by atoms with E-state index in [4.69, 9.17) is 18.9 Å². The lowest BCUT2D eigenvalue weighted by atomic mass is 9.47. The molecule has 1 saturated heterocycles. The number of rotatable bonds is 10. The number of ether oxygens (including phenoxy) is 4. The first kappa shape index (κ1) is 42.0. The van der Waals surface area contributed by atoms with Gasteiger partial charge in [-0.25, -0.2) is 4.79 Å². The summed E-state index contributed by atoms with van der Waals surface area (Å²) in [6, 6.07) is 9.13. The second-order valence-corrected chi connectivity index (χ2v) is 19.1. The predicted octanol–water partition coefficient (Wildman–Crippen LogP) is 4.84. The van der Waals surface area contributed by atoms with Gasteiger partial charge in [0.15, 0.2) is 6.10 Å². The Bertz CT molecular complexity index is 2360. The molecular weight excluding hydrogens is 797 g/mol. The molecule has 13 nitrogen and oxygen atoms in total. The quantitative estimate of drug-likeness (QED) is 0.111. The smallest absolute Gasteiger partial charge is 0.344 e. The molecule has 9 rings (SSSR count). The molecule has 3 aromatic rings. The minimum atomic E-state index is -2.30. The van der Waals surface area contributed by atoms with E-state index >= 15 is 4.79 Å². The van der Waals surface area contributed by atoms with E-state index in [9.17, 15) is 19.8 Å². The number of carbonyl (C=O) groups excluding carboxylic acids is 3. The monoisotopic (exact) mass is 854 g/mol. The van der Waals surface area contributed by atoms with E-state index in [0.29, 0.717) is 56.0 Å². The molecule has 1 saturated carbocycles. The van der Waals surface area contributed by atoms with Crippen LogP contribution in [0.2, 0.25) is 0 Å². The molecule has 0 amide bonds.